The van der Waals surface area contributed by atoms with Crippen LogP contribution in [0.2, 0.25) is 0 Å². The molecule has 0 N–H and O–H groups in total. The Morgan fingerprint density at radius 1 is 0.958 bits per heavy atom. The molecule has 2 heterocycles. The van der Waals surface area contributed by atoms with Gasteiger partial charge < -0.3 is 9.31 Å². The van der Waals surface area contributed by atoms with Crippen LogP contribution in [0.1, 0.15) is 52.7 Å². The third-order valence-corrected chi connectivity index (χ3v) is 7.73. The van der Waals surface area contributed by atoms with E-state index in [-0.39, 0.29) is 44.5 Å². The second-order valence-electron chi connectivity index (χ2n) is 8.37. The average molecular weight is 434 g/mol. The van der Waals surface area contributed by atoms with E-state index in [0.29, 0.717) is 0 Å². The lowest BCUT2D eigenvalue weighted by Crippen LogP contribution is -2.41. The quantitative estimate of drug-likeness (QED) is 0.484. The molecule has 0 atom stereocenters. The second kappa shape index (κ2) is 5.15. The summed E-state index contributed by atoms with van der Waals surface area (Å²) in [7, 11) is -0.291. The van der Waals surface area contributed by atoms with Crippen LogP contribution >= 0.6 is 20.7 Å². The zero-order valence-electron chi connectivity index (χ0n) is 15.2. The van der Waals surface area contributed by atoms with E-state index in [1.54, 1.807) is 0 Å². The van der Waals surface area contributed by atoms with Crippen LogP contribution in [-0.4, -0.2) is 22.3 Å². The standard InChI is InChI=1S/C20H24BIO2/c1-18(2)16-11-13(21-23-19(3,4)20(5,6)24-21)7-8-14(16)15-9-10-22-12-17(15)18/h7-12H,1-6H3. The summed E-state index contributed by atoms with van der Waals surface area (Å²) >= 11 is 0.0614. The fourth-order valence-electron chi connectivity index (χ4n) is 3.64. The minimum Gasteiger partial charge on any atom is -0.399 e. The molecule has 1 fully saturated rings. The molecule has 126 valence electrons. The number of rotatable bonds is 1. The first-order valence-corrected chi connectivity index (χ1v) is 11.0. The second-order valence-corrected chi connectivity index (χ2v) is 10.4. The Morgan fingerprint density at radius 3 is 2.29 bits per heavy atom. The predicted molar refractivity (Wildman–Crippen MR) is 111 cm³/mol. The third kappa shape index (κ3) is 2.26. The van der Waals surface area contributed by atoms with Crippen molar-refractivity contribution in [2.75, 3.05) is 0 Å². The van der Waals surface area contributed by atoms with Gasteiger partial charge >= 0.3 is 7.12 Å². The summed E-state index contributed by atoms with van der Waals surface area (Å²) in [5.74, 6) is 0. The molecule has 2 aliphatic heterocycles. The lowest BCUT2D eigenvalue weighted by molar-refractivity contribution is 0.00578. The summed E-state index contributed by atoms with van der Waals surface area (Å²) in [6.07, 6.45) is 2.32. The molecular weight excluding hydrogens is 410 g/mol. The lowest BCUT2D eigenvalue weighted by Gasteiger charge is -2.32. The van der Waals surface area contributed by atoms with E-state index in [9.17, 15) is 0 Å². The van der Waals surface area contributed by atoms with E-state index >= 15 is 0 Å². The number of benzene rings is 1. The van der Waals surface area contributed by atoms with E-state index < -0.39 is 0 Å². The van der Waals surface area contributed by atoms with Crippen LogP contribution < -0.4 is 5.46 Å². The van der Waals surface area contributed by atoms with Crippen molar-refractivity contribution >= 4 is 42.9 Å². The van der Waals surface area contributed by atoms with Gasteiger partial charge in [-0.15, -0.1) is 0 Å². The Labute approximate surface area is 155 Å². The van der Waals surface area contributed by atoms with Crippen molar-refractivity contribution in [1.82, 2.24) is 0 Å². The first-order chi connectivity index (χ1) is 11.1. The highest BCUT2D eigenvalue weighted by molar-refractivity contribution is 14.2. The molecule has 0 amide bonds. The van der Waals surface area contributed by atoms with Gasteiger partial charge in [0.1, 0.15) is 0 Å². The predicted octanol–water partition coefficient (Wildman–Crippen LogP) is 4.33. The zero-order valence-corrected chi connectivity index (χ0v) is 17.4. The van der Waals surface area contributed by atoms with Gasteiger partial charge in [0.05, 0.1) is 11.2 Å². The summed E-state index contributed by atoms with van der Waals surface area (Å²) < 4.78 is 17.3. The van der Waals surface area contributed by atoms with Gasteiger partial charge in [-0.3, -0.25) is 0 Å². The highest BCUT2D eigenvalue weighted by atomic mass is 127. The molecule has 3 aliphatic rings. The molecule has 24 heavy (non-hydrogen) atoms. The number of hydrogen-bond acceptors (Lipinski definition) is 2. The first kappa shape index (κ1) is 16.7. The maximum absolute atomic E-state index is 6.24. The van der Waals surface area contributed by atoms with E-state index in [0.717, 1.165) is 5.46 Å². The van der Waals surface area contributed by atoms with Gasteiger partial charge in [0.15, 0.2) is 0 Å². The molecule has 4 heteroatoms. The maximum Gasteiger partial charge on any atom is 0.494 e. The Balaban J connectivity index is 1.76. The van der Waals surface area contributed by atoms with Crippen molar-refractivity contribution in [3.8, 4) is 0 Å². The molecular formula is C20H24BIO2. The molecule has 0 saturated carbocycles. The van der Waals surface area contributed by atoms with E-state index in [1.165, 1.54) is 22.3 Å². The van der Waals surface area contributed by atoms with Crippen molar-refractivity contribution < 1.29 is 9.31 Å². The normalized spacial score (nSPS) is 25.5. The number of fused-ring (bicyclic) bond motifs is 2. The van der Waals surface area contributed by atoms with Crippen LogP contribution in [0.5, 0.6) is 0 Å². The van der Waals surface area contributed by atoms with Gasteiger partial charge in [0.25, 0.3) is 0 Å². The Kier molecular flexibility index (Phi) is 3.59. The topological polar surface area (TPSA) is 18.5 Å². The molecule has 1 aromatic carbocycles. The largest absolute Gasteiger partial charge is 0.494 e. The smallest absolute Gasteiger partial charge is 0.399 e. The minimum atomic E-state index is -0.301. The van der Waals surface area contributed by atoms with Crippen molar-refractivity contribution in [2.45, 2.75) is 58.2 Å². The van der Waals surface area contributed by atoms with Gasteiger partial charge in [-0.05, 0) is 69.6 Å². The number of hydrogen-bond donors (Lipinski definition) is 0. The molecule has 4 rings (SSSR count). The Hall–Kier alpha value is -0.715. The van der Waals surface area contributed by atoms with E-state index in [1.807, 2.05) is 0 Å². The molecule has 0 spiro atoms. The van der Waals surface area contributed by atoms with Crippen molar-refractivity contribution in [3.63, 3.8) is 0 Å². The van der Waals surface area contributed by atoms with E-state index in [2.05, 4.69) is 73.9 Å². The van der Waals surface area contributed by atoms with Gasteiger partial charge in [-0.2, -0.15) is 0 Å². The summed E-state index contributed by atoms with van der Waals surface area (Å²) in [6.45, 7) is 13.1. The summed E-state index contributed by atoms with van der Waals surface area (Å²) in [6, 6.07) is 6.72. The highest BCUT2D eigenvalue weighted by Gasteiger charge is 2.52. The van der Waals surface area contributed by atoms with Gasteiger partial charge in [-0.1, -0.05) is 52.8 Å². The molecule has 0 aromatic heterocycles. The molecule has 0 bridgehead atoms. The van der Waals surface area contributed by atoms with Crippen molar-refractivity contribution in [1.29, 1.82) is 0 Å². The Morgan fingerprint density at radius 2 is 1.62 bits per heavy atom. The zero-order chi connectivity index (χ0) is 17.3. The number of allylic oxidation sites excluding steroid dienone is 3. The molecule has 2 nitrogen and oxygen atoms in total. The van der Waals surface area contributed by atoms with E-state index in [4.69, 9.17) is 9.31 Å². The highest BCUT2D eigenvalue weighted by Crippen LogP contribution is 2.48. The first-order valence-electron chi connectivity index (χ1n) is 8.50. The molecule has 1 saturated heterocycles. The third-order valence-electron chi connectivity index (χ3n) is 5.97. The van der Waals surface area contributed by atoms with Crippen LogP contribution in [0.15, 0.2) is 33.9 Å². The fourth-order valence-corrected chi connectivity index (χ4v) is 5.89. The Bertz CT molecular complexity index is 799. The average Bonchev–Trinajstić information content (AvgIpc) is 2.88. The van der Waals surface area contributed by atoms with Crippen LogP contribution in [0.3, 0.4) is 0 Å². The number of halogens is 1. The minimum absolute atomic E-state index is 0.0614. The van der Waals surface area contributed by atoms with Crippen molar-refractivity contribution in [2.24, 2.45) is 0 Å². The SMILES string of the molecule is CC1(C)C2=C(C=CI=C2)c2ccc(B3OC(C)(C)C(C)(C)O3)cc21. The molecule has 0 radical (unpaired) electrons. The van der Waals surface area contributed by atoms with Crippen molar-refractivity contribution in [3.05, 3.63) is 45.1 Å². The van der Waals surface area contributed by atoms with Gasteiger partial charge in [-0.25, -0.2) is 0 Å². The lowest BCUT2D eigenvalue weighted by atomic mass is 9.74. The van der Waals surface area contributed by atoms with Crippen LogP contribution in [0.25, 0.3) is 5.57 Å². The fraction of sp³-hybridized carbons (Fsp3) is 0.450. The summed E-state index contributed by atoms with van der Waals surface area (Å²) in [5, 5.41) is 0. The molecule has 1 aromatic rings. The summed E-state index contributed by atoms with van der Waals surface area (Å²) in [4.78, 5) is 0. The van der Waals surface area contributed by atoms with Gasteiger partial charge in [0.2, 0.25) is 0 Å². The van der Waals surface area contributed by atoms with Crippen LogP contribution in [0.4, 0.5) is 0 Å². The van der Waals surface area contributed by atoms with Crippen LogP contribution in [0, 0.1) is 0 Å². The molecule has 0 unspecified atom stereocenters. The monoisotopic (exact) mass is 434 g/mol. The van der Waals surface area contributed by atoms with Crippen LogP contribution in [-0.2, 0) is 14.7 Å². The summed E-state index contributed by atoms with van der Waals surface area (Å²) in [5.41, 5.74) is 6.25. The van der Waals surface area contributed by atoms with Gasteiger partial charge in [0, 0.05) is 5.41 Å². The maximum atomic E-state index is 6.24. The molecule has 1 aliphatic carbocycles.